The maximum absolute atomic E-state index is 11.9. The van der Waals surface area contributed by atoms with Crippen molar-refractivity contribution in [3.8, 4) is 45.5 Å². The fraction of sp³-hybridized carbons (Fsp3) is 0.250. The SMILES string of the molecule is CCOc1cc(C(=O)O)cc(OCC)c1-n1cc(-c2cnc(OC)nc2)c2ncc(-c3c(C)noc3C)cc21. The van der Waals surface area contributed by atoms with Gasteiger partial charge in [0.2, 0.25) is 0 Å². The molecule has 1 aromatic carbocycles. The van der Waals surface area contributed by atoms with Crippen molar-refractivity contribution in [1.82, 2.24) is 24.7 Å². The number of carboxylic acid groups (broad SMARTS) is 1. The number of methoxy groups -OCH3 is 1. The lowest BCUT2D eigenvalue weighted by atomic mass is 10.0. The Bertz CT molecular complexity index is 1630. The second-order valence-electron chi connectivity index (χ2n) is 8.65. The van der Waals surface area contributed by atoms with Gasteiger partial charge in [-0.15, -0.1) is 0 Å². The van der Waals surface area contributed by atoms with Gasteiger partial charge in [0.25, 0.3) is 0 Å². The highest BCUT2D eigenvalue weighted by atomic mass is 16.5. The van der Waals surface area contributed by atoms with Gasteiger partial charge in [0.05, 0.1) is 42.6 Å². The minimum absolute atomic E-state index is 0.0559. The van der Waals surface area contributed by atoms with Crippen molar-refractivity contribution in [3.63, 3.8) is 0 Å². The lowest BCUT2D eigenvalue weighted by Gasteiger charge is -2.18. The Kier molecular flexibility index (Phi) is 6.88. The molecule has 0 aliphatic heterocycles. The number of carbonyl (C=O) groups is 1. The van der Waals surface area contributed by atoms with Crippen LogP contribution < -0.4 is 14.2 Å². The summed E-state index contributed by atoms with van der Waals surface area (Å²) in [6.07, 6.45) is 6.98. The van der Waals surface area contributed by atoms with Crippen LogP contribution in [0.1, 0.15) is 35.7 Å². The highest BCUT2D eigenvalue weighted by molar-refractivity contribution is 5.97. The summed E-state index contributed by atoms with van der Waals surface area (Å²) in [5.41, 5.74) is 5.88. The minimum atomic E-state index is -1.08. The van der Waals surface area contributed by atoms with E-state index in [1.807, 2.05) is 44.5 Å². The van der Waals surface area contributed by atoms with E-state index in [0.717, 1.165) is 33.5 Å². The molecule has 39 heavy (non-hydrogen) atoms. The smallest absolute Gasteiger partial charge is 0.335 e. The molecule has 11 nitrogen and oxygen atoms in total. The Labute approximate surface area is 224 Å². The summed E-state index contributed by atoms with van der Waals surface area (Å²) in [6, 6.07) is 5.23. The van der Waals surface area contributed by atoms with Crippen LogP contribution in [0.5, 0.6) is 17.5 Å². The van der Waals surface area contributed by atoms with Gasteiger partial charge in [-0.1, -0.05) is 5.16 Å². The molecule has 4 heterocycles. The summed E-state index contributed by atoms with van der Waals surface area (Å²) in [6.45, 7) is 8.04. The quantitative estimate of drug-likeness (QED) is 0.269. The molecule has 0 aliphatic carbocycles. The summed E-state index contributed by atoms with van der Waals surface area (Å²) in [4.78, 5) is 25.2. The molecular weight excluding hydrogens is 502 g/mol. The summed E-state index contributed by atoms with van der Waals surface area (Å²) in [5, 5.41) is 13.8. The average Bonchev–Trinajstić information content (AvgIpc) is 3.47. The first-order valence-electron chi connectivity index (χ1n) is 12.3. The van der Waals surface area contributed by atoms with E-state index in [1.165, 1.54) is 19.2 Å². The molecule has 0 saturated heterocycles. The Morgan fingerprint density at radius 1 is 0.974 bits per heavy atom. The maximum Gasteiger partial charge on any atom is 0.335 e. The van der Waals surface area contributed by atoms with Crippen LogP contribution in [-0.2, 0) is 0 Å². The second-order valence-corrected chi connectivity index (χ2v) is 8.65. The topological polar surface area (TPSA) is 135 Å². The number of hydrogen-bond donors (Lipinski definition) is 1. The van der Waals surface area contributed by atoms with Crippen LogP contribution >= 0.6 is 0 Å². The first kappa shape index (κ1) is 25.7. The number of aromatic carboxylic acids is 1. The number of nitrogens with zero attached hydrogens (tertiary/aromatic N) is 5. The molecular formula is C28H27N5O6. The molecule has 4 aromatic heterocycles. The lowest BCUT2D eigenvalue weighted by Crippen LogP contribution is -2.07. The molecule has 0 spiro atoms. The number of pyridine rings is 1. The van der Waals surface area contributed by atoms with E-state index in [2.05, 4.69) is 15.1 Å². The monoisotopic (exact) mass is 529 g/mol. The summed E-state index contributed by atoms with van der Waals surface area (Å²) in [5.74, 6) is 0.307. The number of aryl methyl sites for hydroxylation is 2. The molecule has 0 bridgehead atoms. The van der Waals surface area contributed by atoms with Gasteiger partial charge < -0.3 is 28.4 Å². The average molecular weight is 530 g/mol. The third kappa shape index (κ3) is 4.63. The van der Waals surface area contributed by atoms with Gasteiger partial charge in [-0.25, -0.2) is 14.8 Å². The van der Waals surface area contributed by atoms with Crippen molar-refractivity contribution in [1.29, 1.82) is 0 Å². The zero-order valence-corrected chi connectivity index (χ0v) is 22.2. The summed E-state index contributed by atoms with van der Waals surface area (Å²) in [7, 11) is 1.50. The zero-order valence-electron chi connectivity index (χ0n) is 22.2. The van der Waals surface area contributed by atoms with E-state index >= 15 is 0 Å². The van der Waals surface area contributed by atoms with Crippen LogP contribution in [0.15, 0.2) is 47.5 Å². The van der Waals surface area contributed by atoms with E-state index < -0.39 is 5.97 Å². The number of benzene rings is 1. The highest BCUT2D eigenvalue weighted by Crippen LogP contribution is 2.41. The Hall–Kier alpha value is -4.93. The van der Waals surface area contributed by atoms with Crippen LogP contribution in [0.25, 0.3) is 39.0 Å². The van der Waals surface area contributed by atoms with Crippen LogP contribution in [0.4, 0.5) is 0 Å². The van der Waals surface area contributed by atoms with Crippen LogP contribution in [0, 0.1) is 13.8 Å². The standard InChI is InChI=1S/C28H27N5O6/c1-6-37-22-9-17(27(34)35)10-23(38-7-2)26(22)33-14-20(19-12-30-28(36-5)31-13-19)25-21(33)8-18(11-29-25)24-15(3)32-39-16(24)4/h8-14H,6-7H2,1-5H3,(H,34,35). The number of aromatic nitrogens is 5. The first-order chi connectivity index (χ1) is 18.9. The van der Waals surface area contributed by atoms with Crippen LogP contribution in [0.3, 0.4) is 0 Å². The predicted octanol–water partition coefficient (Wildman–Crippen LogP) is 5.26. The number of hydrogen-bond acceptors (Lipinski definition) is 9. The van der Waals surface area contributed by atoms with Crippen molar-refractivity contribution in [2.45, 2.75) is 27.7 Å². The summed E-state index contributed by atoms with van der Waals surface area (Å²) < 4.78 is 24.3. The van der Waals surface area contributed by atoms with E-state index in [0.29, 0.717) is 41.7 Å². The molecule has 200 valence electrons. The van der Waals surface area contributed by atoms with Gasteiger partial charge in [-0.2, -0.15) is 0 Å². The molecule has 5 rings (SSSR count). The van der Waals surface area contributed by atoms with Gasteiger partial charge >= 0.3 is 12.0 Å². The van der Waals surface area contributed by atoms with E-state index in [9.17, 15) is 9.90 Å². The molecule has 0 saturated carbocycles. The zero-order chi connectivity index (χ0) is 27.7. The largest absolute Gasteiger partial charge is 0.492 e. The lowest BCUT2D eigenvalue weighted by molar-refractivity contribution is 0.0695. The van der Waals surface area contributed by atoms with Crippen molar-refractivity contribution in [3.05, 3.63) is 60.0 Å². The number of rotatable bonds is 9. The van der Waals surface area contributed by atoms with Gasteiger partial charge in [-0.05, 0) is 45.9 Å². The van der Waals surface area contributed by atoms with Gasteiger partial charge in [-0.3, -0.25) is 4.98 Å². The maximum atomic E-state index is 11.9. The molecule has 1 N–H and O–H groups in total. The molecule has 0 atom stereocenters. The number of ether oxygens (including phenoxy) is 3. The van der Waals surface area contributed by atoms with E-state index in [4.69, 9.17) is 23.7 Å². The van der Waals surface area contributed by atoms with Gasteiger partial charge in [0.15, 0.2) is 0 Å². The molecule has 0 aliphatic rings. The Morgan fingerprint density at radius 2 is 1.62 bits per heavy atom. The fourth-order valence-corrected chi connectivity index (χ4v) is 4.57. The number of fused-ring (bicyclic) bond motifs is 1. The number of carboxylic acids is 1. The highest BCUT2D eigenvalue weighted by Gasteiger charge is 2.24. The Morgan fingerprint density at radius 3 is 2.15 bits per heavy atom. The molecule has 0 radical (unpaired) electrons. The Balaban J connectivity index is 1.85. The van der Waals surface area contributed by atoms with Crippen LogP contribution in [-0.4, -0.2) is 56.1 Å². The third-order valence-electron chi connectivity index (χ3n) is 6.21. The molecule has 11 heteroatoms. The van der Waals surface area contributed by atoms with Crippen LogP contribution in [0.2, 0.25) is 0 Å². The van der Waals surface area contributed by atoms with Crippen molar-refractivity contribution >= 4 is 17.0 Å². The fourth-order valence-electron chi connectivity index (χ4n) is 4.57. The minimum Gasteiger partial charge on any atom is -0.492 e. The predicted molar refractivity (Wildman–Crippen MR) is 143 cm³/mol. The summed E-state index contributed by atoms with van der Waals surface area (Å²) >= 11 is 0. The normalized spacial score (nSPS) is 11.1. The molecule has 5 aromatic rings. The molecule has 0 amide bonds. The van der Waals surface area contributed by atoms with Gasteiger partial charge in [0, 0.05) is 47.0 Å². The second kappa shape index (κ2) is 10.4. The molecule has 0 fully saturated rings. The third-order valence-corrected chi connectivity index (χ3v) is 6.21. The van der Waals surface area contributed by atoms with E-state index in [1.54, 1.807) is 18.6 Å². The van der Waals surface area contributed by atoms with Crippen molar-refractivity contribution < 1.29 is 28.6 Å². The van der Waals surface area contributed by atoms with Crippen molar-refractivity contribution in [2.75, 3.05) is 20.3 Å². The first-order valence-corrected chi connectivity index (χ1v) is 12.3. The van der Waals surface area contributed by atoms with Gasteiger partial charge in [0.1, 0.15) is 22.9 Å². The van der Waals surface area contributed by atoms with E-state index in [-0.39, 0.29) is 11.6 Å². The molecule has 0 unspecified atom stereocenters. The van der Waals surface area contributed by atoms with Crippen molar-refractivity contribution in [2.24, 2.45) is 0 Å².